The Bertz CT molecular complexity index is 561. The molecule has 7 heteroatoms. The van der Waals surface area contributed by atoms with Gasteiger partial charge >= 0.3 is 6.61 Å². The van der Waals surface area contributed by atoms with Gasteiger partial charge in [-0.25, -0.2) is 4.39 Å². The molecule has 0 amide bonds. The number of rotatable bonds is 6. The summed E-state index contributed by atoms with van der Waals surface area (Å²) < 4.78 is 41.7. The Morgan fingerprint density at radius 2 is 2.15 bits per heavy atom. The number of hydrogen-bond acceptors (Lipinski definition) is 4. The molecule has 0 aliphatic carbocycles. The molecule has 0 radical (unpaired) electrons. The van der Waals surface area contributed by atoms with Gasteiger partial charge in [-0.05, 0) is 28.8 Å². The number of benzene rings is 1. The average Bonchev–Trinajstić information content (AvgIpc) is 2.87. The van der Waals surface area contributed by atoms with Crippen molar-refractivity contribution in [2.24, 2.45) is 0 Å². The average molecular weight is 302 g/mol. The molecule has 2 aromatic rings. The standard InChI is InChI=1S/C13H13F3N2OS/c14-9-5-10(17)11(6-12(9)19-13(15)16)18-3-1-8-2-4-20-7-8/h2,4-7,13,18H,1,3,17H2. The highest BCUT2D eigenvalue weighted by atomic mass is 32.1. The van der Waals surface area contributed by atoms with Crippen LogP contribution in [0.25, 0.3) is 0 Å². The topological polar surface area (TPSA) is 47.3 Å². The maximum absolute atomic E-state index is 13.4. The van der Waals surface area contributed by atoms with Gasteiger partial charge in [-0.1, -0.05) is 0 Å². The lowest BCUT2D eigenvalue weighted by molar-refractivity contribution is -0.0521. The third-order valence-electron chi connectivity index (χ3n) is 2.63. The highest BCUT2D eigenvalue weighted by molar-refractivity contribution is 7.07. The molecule has 0 spiro atoms. The van der Waals surface area contributed by atoms with Crippen molar-refractivity contribution in [3.8, 4) is 5.75 Å². The zero-order chi connectivity index (χ0) is 14.5. The summed E-state index contributed by atoms with van der Waals surface area (Å²) in [6.07, 6.45) is 0.755. The molecule has 0 atom stereocenters. The van der Waals surface area contributed by atoms with E-state index in [0.717, 1.165) is 24.1 Å². The molecule has 1 heterocycles. The smallest absolute Gasteiger partial charge is 0.387 e. The first-order valence-corrected chi connectivity index (χ1v) is 6.79. The lowest BCUT2D eigenvalue weighted by atomic mass is 10.2. The number of thiophene rings is 1. The van der Waals surface area contributed by atoms with Crippen LogP contribution >= 0.6 is 11.3 Å². The molecule has 3 nitrogen and oxygen atoms in total. The number of anilines is 2. The van der Waals surface area contributed by atoms with Crippen molar-refractivity contribution in [2.45, 2.75) is 13.0 Å². The van der Waals surface area contributed by atoms with E-state index < -0.39 is 18.2 Å². The van der Waals surface area contributed by atoms with Gasteiger partial charge in [0.2, 0.25) is 0 Å². The maximum Gasteiger partial charge on any atom is 0.387 e. The molecule has 0 aliphatic heterocycles. The fourth-order valence-electron chi connectivity index (χ4n) is 1.68. The van der Waals surface area contributed by atoms with E-state index in [1.54, 1.807) is 11.3 Å². The van der Waals surface area contributed by atoms with Gasteiger partial charge < -0.3 is 15.8 Å². The summed E-state index contributed by atoms with van der Waals surface area (Å²) in [6.45, 7) is -2.52. The lowest BCUT2D eigenvalue weighted by Gasteiger charge is -2.12. The number of hydrogen-bond donors (Lipinski definition) is 2. The van der Waals surface area contributed by atoms with Gasteiger partial charge in [0.25, 0.3) is 0 Å². The quantitative estimate of drug-likeness (QED) is 0.799. The second-order valence-electron chi connectivity index (χ2n) is 4.06. The van der Waals surface area contributed by atoms with Gasteiger partial charge in [-0.15, -0.1) is 0 Å². The zero-order valence-electron chi connectivity index (χ0n) is 10.4. The van der Waals surface area contributed by atoms with Gasteiger partial charge in [0.05, 0.1) is 11.4 Å². The molecule has 3 N–H and O–H groups in total. The Morgan fingerprint density at radius 1 is 1.35 bits per heavy atom. The molecular formula is C13H13F3N2OS. The molecular weight excluding hydrogens is 289 g/mol. The first kappa shape index (κ1) is 14.5. The van der Waals surface area contributed by atoms with Crippen LogP contribution in [-0.2, 0) is 6.42 Å². The van der Waals surface area contributed by atoms with Crippen LogP contribution in [0.15, 0.2) is 29.0 Å². The van der Waals surface area contributed by atoms with Crippen LogP contribution in [0.1, 0.15) is 5.56 Å². The van der Waals surface area contributed by atoms with Crippen molar-refractivity contribution >= 4 is 22.7 Å². The van der Waals surface area contributed by atoms with Crippen molar-refractivity contribution in [1.82, 2.24) is 0 Å². The number of nitrogens with two attached hydrogens (primary N) is 1. The van der Waals surface area contributed by atoms with Crippen LogP contribution in [0.3, 0.4) is 0 Å². The maximum atomic E-state index is 13.4. The molecule has 0 fully saturated rings. The molecule has 0 unspecified atom stereocenters. The first-order valence-electron chi connectivity index (χ1n) is 5.85. The van der Waals surface area contributed by atoms with E-state index in [0.29, 0.717) is 12.2 Å². The number of ether oxygens (including phenoxy) is 1. The molecule has 0 saturated heterocycles. The fourth-order valence-corrected chi connectivity index (χ4v) is 2.39. The van der Waals surface area contributed by atoms with Crippen molar-refractivity contribution in [3.63, 3.8) is 0 Å². The summed E-state index contributed by atoms with van der Waals surface area (Å²) in [7, 11) is 0. The van der Waals surface area contributed by atoms with Crippen LogP contribution in [0, 0.1) is 5.82 Å². The van der Waals surface area contributed by atoms with Gasteiger partial charge in [0.15, 0.2) is 11.6 Å². The minimum absolute atomic E-state index is 0.148. The number of nitrogen functional groups attached to an aromatic ring is 1. The monoisotopic (exact) mass is 302 g/mol. The van der Waals surface area contributed by atoms with E-state index in [1.165, 1.54) is 0 Å². The summed E-state index contributed by atoms with van der Waals surface area (Å²) in [4.78, 5) is 0. The van der Waals surface area contributed by atoms with Gasteiger partial charge in [0.1, 0.15) is 0 Å². The van der Waals surface area contributed by atoms with Crippen LogP contribution in [0.2, 0.25) is 0 Å². The third-order valence-corrected chi connectivity index (χ3v) is 3.36. The molecule has 108 valence electrons. The summed E-state index contributed by atoms with van der Waals surface area (Å²) >= 11 is 1.59. The second kappa shape index (κ2) is 6.51. The number of halogens is 3. The Kier molecular flexibility index (Phi) is 4.73. The number of nitrogens with one attached hydrogen (secondary N) is 1. The Balaban J connectivity index is 2.02. The highest BCUT2D eigenvalue weighted by Crippen LogP contribution is 2.29. The Hall–Kier alpha value is -1.89. The van der Waals surface area contributed by atoms with Crippen LogP contribution in [-0.4, -0.2) is 13.2 Å². The molecule has 20 heavy (non-hydrogen) atoms. The summed E-state index contributed by atoms with van der Waals surface area (Å²) in [5.41, 5.74) is 7.32. The van der Waals surface area contributed by atoms with E-state index in [9.17, 15) is 13.2 Å². The van der Waals surface area contributed by atoms with Crippen LogP contribution < -0.4 is 15.8 Å². The fraction of sp³-hybridized carbons (Fsp3) is 0.231. The van der Waals surface area contributed by atoms with Crippen molar-refractivity contribution in [2.75, 3.05) is 17.6 Å². The Labute approximate surface area is 118 Å². The molecule has 2 rings (SSSR count). The summed E-state index contributed by atoms with van der Waals surface area (Å²) in [5.74, 6) is -1.43. The predicted octanol–water partition coefficient (Wildman–Crippen LogP) is 3.73. The molecule has 0 bridgehead atoms. The predicted molar refractivity (Wildman–Crippen MR) is 74.0 cm³/mol. The SMILES string of the molecule is Nc1cc(F)c(OC(F)F)cc1NCCc1ccsc1. The second-order valence-corrected chi connectivity index (χ2v) is 4.84. The van der Waals surface area contributed by atoms with E-state index in [1.807, 2.05) is 16.8 Å². The lowest BCUT2D eigenvalue weighted by Crippen LogP contribution is -2.09. The van der Waals surface area contributed by atoms with Gasteiger partial charge in [-0.2, -0.15) is 20.1 Å². The minimum Gasteiger partial charge on any atom is -0.432 e. The van der Waals surface area contributed by atoms with Gasteiger partial charge in [-0.3, -0.25) is 0 Å². The summed E-state index contributed by atoms with van der Waals surface area (Å²) in [6, 6.07) is 4.10. The summed E-state index contributed by atoms with van der Waals surface area (Å²) in [5, 5.41) is 6.96. The first-order chi connectivity index (χ1) is 9.56. The largest absolute Gasteiger partial charge is 0.432 e. The normalized spacial score (nSPS) is 10.8. The minimum atomic E-state index is -3.08. The van der Waals surface area contributed by atoms with E-state index >= 15 is 0 Å². The molecule has 1 aromatic carbocycles. The van der Waals surface area contributed by atoms with Crippen LogP contribution in [0.4, 0.5) is 24.5 Å². The highest BCUT2D eigenvalue weighted by Gasteiger charge is 2.13. The Morgan fingerprint density at radius 3 is 2.80 bits per heavy atom. The van der Waals surface area contributed by atoms with Crippen molar-refractivity contribution < 1.29 is 17.9 Å². The van der Waals surface area contributed by atoms with Gasteiger partial charge in [0, 0.05) is 18.7 Å². The third kappa shape index (κ3) is 3.80. The van der Waals surface area contributed by atoms with Crippen LogP contribution in [0.5, 0.6) is 5.75 Å². The van der Waals surface area contributed by atoms with E-state index in [-0.39, 0.29) is 5.69 Å². The molecule has 0 aliphatic rings. The van der Waals surface area contributed by atoms with Crippen molar-refractivity contribution in [1.29, 1.82) is 0 Å². The molecule has 1 aromatic heterocycles. The van der Waals surface area contributed by atoms with E-state index in [2.05, 4.69) is 10.1 Å². The van der Waals surface area contributed by atoms with Crippen molar-refractivity contribution in [3.05, 3.63) is 40.3 Å². The molecule has 0 saturated carbocycles. The number of alkyl halides is 2. The zero-order valence-corrected chi connectivity index (χ0v) is 11.2. The van der Waals surface area contributed by atoms with E-state index in [4.69, 9.17) is 5.73 Å².